The monoisotopic (exact) mass is 487 g/mol. The Hall–Kier alpha value is -2.72. The molecule has 2 aromatic rings. The van der Waals surface area contributed by atoms with E-state index in [9.17, 15) is 13.2 Å². The lowest BCUT2D eigenvalue weighted by atomic mass is 9.97. The van der Waals surface area contributed by atoms with E-state index in [0.29, 0.717) is 24.1 Å². The molecule has 184 valence electrons. The number of nitrogens with zero attached hydrogens (tertiary/aromatic N) is 4. The molecule has 4 heterocycles. The molecule has 0 aromatic carbocycles. The molecule has 1 amide bonds. The van der Waals surface area contributed by atoms with Crippen molar-refractivity contribution in [2.24, 2.45) is 5.92 Å². The molecule has 10 heteroatoms. The molecule has 1 N–H and O–H groups in total. The maximum absolute atomic E-state index is 13.2. The average Bonchev–Trinajstić information content (AvgIpc) is 3.10. The minimum Gasteiger partial charge on any atom is -0.380 e. The number of methoxy groups -OCH3 is 1. The van der Waals surface area contributed by atoms with Gasteiger partial charge in [-0.3, -0.25) is 4.79 Å². The van der Waals surface area contributed by atoms with Gasteiger partial charge in [-0.1, -0.05) is 13.0 Å². The number of hydrogen-bond acceptors (Lipinski definition) is 8. The van der Waals surface area contributed by atoms with Crippen LogP contribution in [-0.2, 0) is 14.8 Å². The second-order valence-electron chi connectivity index (χ2n) is 9.82. The van der Waals surface area contributed by atoms with Crippen molar-refractivity contribution >= 4 is 27.6 Å². The summed E-state index contributed by atoms with van der Waals surface area (Å²) in [6.07, 6.45) is 4.55. The van der Waals surface area contributed by atoms with Gasteiger partial charge < -0.3 is 14.5 Å². The van der Waals surface area contributed by atoms with Gasteiger partial charge in [0.15, 0.2) is 5.03 Å². The van der Waals surface area contributed by atoms with E-state index in [1.165, 1.54) is 6.07 Å². The third kappa shape index (κ3) is 5.02. The first kappa shape index (κ1) is 24.4. The number of pyridine rings is 2. The maximum atomic E-state index is 13.2. The number of carbonyl (C=O) groups is 1. The topological polar surface area (TPSA) is 105 Å². The summed E-state index contributed by atoms with van der Waals surface area (Å²) in [7, 11) is -2.51. The molecule has 0 saturated carbocycles. The number of rotatable bonds is 6. The zero-order valence-electron chi connectivity index (χ0n) is 20.2. The number of amides is 1. The highest BCUT2D eigenvalue weighted by atomic mass is 32.2. The summed E-state index contributed by atoms with van der Waals surface area (Å²) in [5, 5.41) is -0.196. The molecular weight excluding hydrogens is 454 g/mol. The van der Waals surface area contributed by atoms with Crippen LogP contribution in [0.3, 0.4) is 0 Å². The molecule has 2 unspecified atom stereocenters. The van der Waals surface area contributed by atoms with Gasteiger partial charge in [0.25, 0.3) is 15.9 Å². The number of anilines is 2. The Morgan fingerprint density at radius 2 is 2.00 bits per heavy atom. The quantitative estimate of drug-likeness (QED) is 0.663. The number of ether oxygens (including phenoxy) is 1. The lowest BCUT2D eigenvalue weighted by Crippen LogP contribution is -2.41. The van der Waals surface area contributed by atoms with Crippen LogP contribution in [0.5, 0.6) is 0 Å². The number of aromatic nitrogens is 2. The van der Waals surface area contributed by atoms with Gasteiger partial charge in [0.1, 0.15) is 11.6 Å². The largest absolute Gasteiger partial charge is 0.380 e. The van der Waals surface area contributed by atoms with Crippen molar-refractivity contribution < 1.29 is 17.9 Å². The Bertz CT molecular complexity index is 1150. The van der Waals surface area contributed by atoms with E-state index in [0.717, 1.165) is 32.4 Å². The highest BCUT2D eigenvalue weighted by Crippen LogP contribution is 2.37. The van der Waals surface area contributed by atoms with Gasteiger partial charge in [-0.2, -0.15) is 8.42 Å². The minimum atomic E-state index is -4.18. The van der Waals surface area contributed by atoms with E-state index in [4.69, 9.17) is 4.74 Å². The summed E-state index contributed by atoms with van der Waals surface area (Å²) in [6.45, 7) is 8.53. The summed E-state index contributed by atoms with van der Waals surface area (Å²) in [4.78, 5) is 26.1. The Labute approximate surface area is 201 Å². The normalized spacial score (nSPS) is 22.6. The number of hydrogen-bond donors (Lipinski definition) is 1. The van der Waals surface area contributed by atoms with Crippen LogP contribution in [0.25, 0.3) is 0 Å². The fraction of sp³-hybridized carbons (Fsp3) is 0.542. The highest BCUT2D eigenvalue weighted by molar-refractivity contribution is 7.90. The van der Waals surface area contributed by atoms with Crippen LogP contribution < -0.4 is 14.5 Å². The van der Waals surface area contributed by atoms with Crippen LogP contribution in [-0.4, -0.2) is 62.7 Å². The molecule has 2 atom stereocenters. The first-order chi connectivity index (χ1) is 16.1. The van der Waals surface area contributed by atoms with Crippen LogP contribution in [0.4, 0.5) is 11.6 Å². The van der Waals surface area contributed by atoms with Gasteiger partial charge in [-0.15, -0.1) is 0 Å². The summed E-state index contributed by atoms with van der Waals surface area (Å²) in [6, 6.07) is 8.05. The van der Waals surface area contributed by atoms with Crippen molar-refractivity contribution in [3.8, 4) is 0 Å². The van der Waals surface area contributed by atoms with E-state index in [1.54, 1.807) is 37.6 Å². The zero-order chi connectivity index (χ0) is 24.5. The first-order valence-corrected chi connectivity index (χ1v) is 13.1. The maximum Gasteiger partial charge on any atom is 0.281 e. The Morgan fingerprint density at radius 1 is 1.21 bits per heavy atom. The number of nitrogens with one attached hydrogen (secondary N) is 1. The molecule has 2 fully saturated rings. The van der Waals surface area contributed by atoms with Gasteiger partial charge in [-0.25, -0.2) is 14.7 Å². The predicted octanol–water partition coefficient (Wildman–Crippen LogP) is 2.84. The molecule has 0 radical (unpaired) electrons. The van der Waals surface area contributed by atoms with Gasteiger partial charge in [0, 0.05) is 38.5 Å². The molecular formula is C24H33N5O4S. The molecule has 2 aliphatic heterocycles. The second kappa shape index (κ2) is 9.50. The fourth-order valence-corrected chi connectivity index (χ4v) is 5.98. The van der Waals surface area contributed by atoms with Crippen molar-refractivity contribution in [1.29, 1.82) is 0 Å². The second-order valence-corrected chi connectivity index (χ2v) is 11.5. The smallest absolute Gasteiger partial charge is 0.281 e. The molecule has 0 spiro atoms. The third-order valence-corrected chi connectivity index (χ3v) is 7.84. The van der Waals surface area contributed by atoms with Crippen molar-refractivity contribution in [2.75, 3.05) is 36.5 Å². The lowest BCUT2D eigenvalue weighted by Gasteiger charge is -2.33. The fourth-order valence-electron chi connectivity index (χ4n) is 5.05. The standard InChI is InChI=1S/C24H33N5O4S/c1-17-14-24(2,3)29(15-17)22-19(9-6-12-25-22)23(30)27-34(31,32)21-11-5-10-20(26-21)28-13-7-8-18(16-28)33-4/h5-6,9-12,17-18H,7-8,13-16H2,1-4H3,(H,27,30). The molecule has 2 aromatic heterocycles. The van der Waals surface area contributed by atoms with Crippen LogP contribution in [0.15, 0.2) is 41.6 Å². The summed E-state index contributed by atoms with van der Waals surface area (Å²) < 4.78 is 33.9. The number of piperidine rings is 1. The number of sulfonamides is 1. The van der Waals surface area contributed by atoms with Gasteiger partial charge >= 0.3 is 0 Å². The molecule has 2 aliphatic rings. The van der Waals surface area contributed by atoms with E-state index in [1.807, 2.05) is 4.90 Å². The SMILES string of the molecule is COC1CCCN(c2cccc(S(=O)(=O)NC(=O)c3cccnc3N3CC(C)CC3(C)C)n2)C1. The summed E-state index contributed by atoms with van der Waals surface area (Å²) in [5.41, 5.74) is 0.0369. The van der Waals surface area contributed by atoms with Crippen molar-refractivity contribution in [3.63, 3.8) is 0 Å². The summed E-state index contributed by atoms with van der Waals surface area (Å²) in [5.74, 6) is 0.760. The molecule has 9 nitrogen and oxygen atoms in total. The lowest BCUT2D eigenvalue weighted by molar-refractivity contribution is 0.0891. The summed E-state index contributed by atoms with van der Waals surface area (Å²) >= 11 is 0. The zero-order valence-corrected chi connectivity index (χ0v) is 21.0. The molecule has 34 heavy (non-hydrogen) atoms. The van der Waals surface area contributed by atoms with E-state index in [2.05, 4.69) is 40.4 Å². The Morgan fingerprint density at radius 3 is 2.71 bits per heavy atom. The van der Waals surface area contributed by atoms with E-state index >= 15 is 0 Å². The van der Waals surface area contributed by atoms with Crippen molar-refractivity contribution in [3.05, 3.63) is 42.1 Å². The number of carbonyl (C=O) groups excluding carboxylic acids is 1. The molecule has 4 rings (SSSR count). The average molecular weight is 488 g/mol. The van der Waals surface area contributed by atoms with Gasteiger partial charge in [0.05, 0.1) is 11.7 Å². The van der Waals surface area contributed by atoms with Gasteiger partial charge in [-0.05, 0) is 63.3 Å². The third-order valence-electron chi connectivity index (χ3n) is 6.61. The van der Waals surface area contributed by atoms with Crippen molar-refractivity contribution in [1.82, 2.24) is 14.7 Å². The van der Waals surface area contributed by atoms with Crippen molar-refractivity contribution in [2.45, 2.75) is 56.7 Å². The molecule has 0 bridgehead atoms. The van der Waals surface area contributed by atoms with Crippen LogP contribution in [0.2, 0.25) is 0 Å². The van der Waals surface area contributed by atoms with E-state index < -0.39 is 15.9 Å². The van der Waals surface area contributed by atoms with Crippen LogP contribution >= 0.6 is 0 Å². The van der Waals surface area contributed by atoms with Crippen LogP contribution in [0, 0.1) is 5.92 Å². The Balaban J connectivity index is 1.57. The van der Waals surface area contributed by atoms with Gasteiger partial charge in [0.2, 0.25) is 0 Å². The minimum absolute atomic E-state index is 0.0806. The first-order valence-electron chi connectivity index (χ1n) is 11.7. The predicted molar refractivity (Wildman–Crippen MR) is 131 cm³/mol. The van der Waals surface area contributed by atoms with E-state index in [-0.39, 0.29) is 22.2 Å². The highest BCUT2D eigenvalue weighted by Gasteiger charge is 2.39. The Kier molecular flexibility index (Phi) is 6.82. The molecule has 2 saturated heterocycles. The van der Waals surface area contributed by atoms with Crippen LogP contribution in [0.1, 0.15) is 50.4 Å². The molecule has 0 aliphatic carbocycles.